The molecule has 148 valence electrons. The molecular formula is C20H29FN4OS. The van der Waals surface area contributed by atoms with Crippen LogP contribution in [0.1, 0.15) is 25.3 Å². The number of aromatic nitrogens is 1. The van der Waals surface area contributed by atoms with Crippen LogP contribution >= 0.6 is 11.8 Å². The zero-order valence-electron chi connectivity index (χ0n) is 16.1. The lowest BCUT2D eigenvalue weighted by Gasteiger charge is -2.37. The van der Waals surface area contributed by atoms with E-state index in [1.807, 2.05) is 24.0 Å². The number of fused-ring (bicyclic) bond motifs is 1. The van der Waals surface area contributed by atoms with Crippen molar-refractivity contribution in [3.05, 3.63) is 35.8 Å². The maximum atomic E-state index is 13.3. The molecule has 2 aromatic rings. The van der Waals surface area contributed by atoms with Gasteiger partial charge in [0.2, 0.25) is 0 Å². The molecule has 0 amide bonds. The Hall–Kier alpha value is -1.73. The van der Waals surface area contributed by atoms with Crippen molar-refractivity contribution in [3.63, 3.8) is 0 Å². The lowest BCUT2D eigenvalue weighted by atomic mass is 9.99. The summed E-state index contributed by atoms with van der Waals surface area (Å²) in [5.41, 5.74) is 2.01. The van der Waals surface area contributed by atoms with Crippen LogP contribution in [0.5, 0.6) is 0 Å². The Morgan fingerprint density at radius 2 is 2.15 bits per heavy atom. The van der Waals surface area contributed by atoms with E-state index < -0.39 is 0 Å². The number of hydrogen-bond acceptors (Lipinski definition) is 3. The predicted octanol–water partition coefficient (Wildman–Crippen LogP) is 3.32. The zero-order valence-corrected chi connectivity index (χ0v) is 16.9. The lowest BCUT2D eigenvalue weighted by Crippen LogP contribution is -2.48. The summed E-state index contributed by atoms with van der Waals surface area (Å²) in [5.74, 6) is 1.71. The Morgan fingerprint density at radius 3 is 2.89 bits per heavy atom. The summed E-state index contributed by atoms with van der Waals surface area (Å²) in [6.45, 7) is 5.54. The minimum absolute atomic E-state index is 0.217. The fourth-order valence-electron chi connectivity index (χ4n) is 3.57. The molecule has 1 aromatic carbocycles. The molecule has 1 aliphatic rings. The second kappa shape index (κ2) is 9.46. The molecule has 0 atom stereocenters. The number of thioether (sulfide) groups is 1. The van der Waals surface area contributed by atoms with Crippen LogP contribution in [0.2, 0.25) is 0 Å². The van der Waals surface area contributed by atoms with E-state index in [2.05, 4.69) is 27.5 Å². The minimum Gasteiger partial charge on any atom is -0.381 e. The molecule has 0 unspecified atom stereocenters. The van der Waals surface area contributed by atoms with E-state index >= 15 is 0 Å². The summed E-state index contributed by atoms with van der Waals surface area (Å²) in [5, 5.41) is 7.96. The number of guanidine groups is 1. The molecule has 1 aromatic heterocycles. The third kappa shape index (κ3) is 5.17. The van der Waals surface area contributed by atoms with Gasteiger partial charge in [-0.3, -0.25) is 4.99 Å². The van der Waals surface area contributed by atoms with Crippen molar-refractivity contribution in [1.29, 1.82) is 0 Å². The lowest BCUT2D eigenvalue weighted by molar-refractivity contribution is 0.0782. The van der Waals surface area contributed by atoms with Crippen molar-refractivity contribution in [3.8, 4) is 0 Å². The second-order valence-electron chi connectivity index (χ2n) is 6.83. The summed E-state index contributed by atoms with van der Waals surface area (Å²) < 4.78 is 19.1. The van der Waals surface area contributed by atoms with Crippen LogP contribution in [0, 0.1) is 5.82 Å². The Kier molecular flexibility index (Phi) is 7.01. The van der Waals surface area contributed by atoms with Crippen molar-refractivity contribution >= 4 is 28.6 Å². The van der Waals surface area contributed by atoms with Crippen molar-refractivity contribution in [2.75, 3.05) is 39.1 Å². The summed E-state index contributed by atoms with van der Waals surface area (Å²) in [6, 6.07) is 4.87. The van der Waals surface area contributed by atoms with Crippen molar-refractivity contribution in [2.45, 2.75) is 30.9 Å². The maximum absolute atomic E-state index is 13.3. The van der Waals surface area contributed by atoms with Crippen LogP contribution in [0.15, 0.2) is 29.4 Å². The molecule has 7 heteroatoms. The van der Waals surface area contributed by atoms with Crippen LogP contribution in [0.4, 0.5) is 4.39 Å². The van der Waals surface area contributed by atoms with Gasteiger partial charge in [-0.25, -0.2) is 4.39 Å². The number of rotatable bonds is 7. The fraction of sp³-hybridized carbons (Fsp3) is 0.550. The van der Waals surface area contributed by atoms with Crippen molar-refractivity contribution in [2.24, 2.45) is 4.99 Å². The number of H-pyrrole nitrogens is 1. The molecular weight excluding hydrogens is 363 g/mol. The number of ether oxygens (including phenoxy) is 1. The molecule has 0 spiro atoms. The molecule has 1 saturated heterocycles. The van der Waals surface area contributed by atoms with E-state index in [4.69, 9.17) is 4.74 Å². The highest BCUT2D eigenvalue weighted by molar-refractivity contribution is 8.00. The van der Waals surface area contributed by atoms with Crippen LogP contribution in [-0.4, -0.2) is 54.8 Å². The minimum atomic E-state index is -0.217. The van der Waals surface area contributed by atoms with Gasteiger partial charge in [-0.05, 0) is 48.8 Å². The van der Waals surface area contributed by atoms with Gasteiger partial charge in [0.25, 0.3) is 0 Å². The van der Waals surface area contributed by atoms with Gasteiger partial charge in [-0.1, -0.05) is 6.92 Å². The van der Waals surface area contributed by atoms with Crippen molar-refractivity contribution < 1.29 is 9.13 Å². The molecule has 27 heavy (non-hydrogen) atoms. The molecule has 0 bridgehead atoms. The first kappa shape index (κ1) is 20.0. The summed E-state index contributed by atoms with van der Waals surface area (Å²) in [6.07, 6.45) is 4.94. The van der Waals surface area contributed by atoms with E-state index in [-0.39, 0.29) is 10.6 Å². The number of halogens is 1. The van der Waals surface area contributed by atoms with E-state index in [1.165, 1.54) is 17.7 Å². The van der Waals surface area contributed by atoms with Crippen molar-refractivity contribution in [1.82, 2.24) is 15.6 Å². The zero-order chi connectivity index (χ0) is 19.1. The number of hydrogen-bond donors (Lipinski definition) is 3. The first-order valence-corrected chi connectivity index (χ1v) is 10.6. The van der Waals surface area contributed by atoms with E-state index in [1.54, 1.807) is 7.05 Å². The summed E-state index contributed by atoms with van der Waals surface area (Å²) in [4.78, 5) is 7.49. The normalized spacial score (nSPS) is 17.2. The molecule has 0 radical (unpaired) electrons. The molecule has 0 saturated carbocycles. The molecule has 3 N–H and O–H groups in total. The van der Waals surface area contributed by atoms with E-state index in [9.17, 15) is 4.39 Å². The van der Waals surface area contributed by atoms with Gasteiger partial charge in [0, 0.05) is 55.2 Å². The van der Waals surface area contributed by atoms with E-state index in [0.717, 1.165) is 68.2 Å². The second-order valence-corrected chi connectivity index (χ2v) is 8.57. The number of aromatic amines is 1. The smallest absolute Gasteiger partial charge is 0.191 e. The van der Waals surface area contributed by atoms with Gasteiger partial charge in [-0.2, -0.15) is 11.8 Å². The van der Waals surface area contributed by atoms with Gasteiger partial charge < -0.3 is 20.4 Å². The molecule has 5 nitrogen and oxygen atoms in total. The SMILES string of the molecule is CCSC1(CNC(=NC)NCCc2c[nH]c3cc(F)ccc23)CCOCC1. The van der Waals surface area contributed by atoms with E-state index in [0.29, 0.717) is 0 Å². The first-order chi connectivity index (χ1) is 13.2. The summed E-state index contributed by atoms with van der Waals surface area (Å²) in [7, 11) is 1.80. The molecule has 1 fully saturated rings. The van der Waals surface area contributed by atoms with Crippen LogP contribution in [0.3, 0.4) is 0 Å². The quantitative estimate of drug-likeness (QED) is 0.500. The molecule has 1 aliphatic heterocycles. The Balaban J connectivity index is 1.51. The number of nitrogens with one attached hydrogen (secondary N) is 3. The van der Waals surface area contributed by atoms with Crippen LogP contribution in [0.25, 0.3) is 10.9 Å². The maximum Gasteiger partial charge on any atom is 0.191 e. The van der Waals surface area contributed by atoms with Gasteiger partial charge in [-0.15, -0.1) is 0 Å². The summed E-state index contributed by atoms with van der Waals surface area (Å²) >= 11 is 2.02. The molecule has 3 rings (SSSR count). The Bertz CT molecular complexity index is 765. The van der Waals surface area contributed by atoms with Gasteiger partial charge in [0.05, 0.1) is 0 Å². The third-order valence-corrected chi connectivity index (χ3v) is 6.53. The number of aliphatic imine (C=N–C) groups is 1. The molecule has 0 aliphatic carbocycles. The standard InChI is InChI=1S/C20H29FN4OS/c1-3-27-20(7-10-26-11-8-20)14-25-19(22-2)23-9-6-15-13-24-18-12-16(21)4-5-17(15)18/h4-5,12-13,24H,3,6-11,14H2,1-2H3,(H2,22,23,25). The van der Waals surface area contributed by atoms with Gasteiger partial charge >= 0.3 is 0 Å². The highest BCUT2D eigenvalue weighted by Gasteiger charge is 2.32. The topological polar surface area (TPSA) is 61.4 Å². The van der Waals surface area contributed by atoms with Gasteiger partial charge in [0.15, 0.2) is 5.96 Å². The highest BCUT2D eigenvalue weighted by Crippen LogP contribution is 2.34. The average Bonchev–Trinajstić information content (AvgIpc) is 3.07. The number of benzene rings is 1. The molecule has 2 heterocycles. The monoisotopic (exact) mass is 392 g/mol. The Morgan fingerprint density at radius 1 is 1.33 bits per heavy atom. The Labute approximate surface area is 164 Å². The van der Waals surface area contributed by atoms with Gasteiger partial charge in [0.1, 0.15) is 5.82 Å². The number of nitrogens with zero attached hydrogens (tertiary/aromatic N) is 1. The highest BCUT2D eigenvalue weighted by atomic mass is 32.2. The fourth-order valence-corrected chi connectivity index (χ4v) is 4.81. The van der Waals surface area contributed by atoms with Crippen LogP contribution < -0.4 is 10.6 Å². The average molecular weight is 393 g/mol. The van der Waals surface area contributed by atoms with Crippen LogP contribution in [-0.2, 0) is 11.2 Å². The first-order valence-electron chi connectivity index (χ1n) is 9.57. The third-order valence-electron chi connectivity index (χ3n) is 5.07. The largest absolute Gasteiger partial charge is 0.381 e. The predicted molar refractivity (Wildman–Crippen MR) is 112 cm³/mol.